The smallest absolute Gasteiger partial charge is 0.410 e. The van der Waals surface area contributed by atoms with Crippen LogP contribution in [0.1, 0.15) is 44.9 Å². The van der Waals surface area contributed by atoms with Crippen molar-refractivity contribution in [3.63, 3.8) is 0 Å². The topological polar surface area (TPSA) is 95.5 Å². The summed E-state index contributed by atoms with van der Waals surface area (Å²) in [4.78, 5) is 18.8. The number of amides is 1. The molecule has 8 nitrogen and oxygen atoms in total. The largest absolute Gasteiger partial charge is 0.485 e. The van der Waals surface area contributed by atoms with E-state index in [1.807, 2.05) is 36.4 Å². The molecule has 190 valence electrons. The highest BCUT2D eigenvalue weighted by Crippen LogP contribution is 2.44. The van der Waals surface area contributed by atoms with Crippen molar-refractivity contribution >= 4 is 35.1 Å². The first-order valence-electron chi connectivity index (χ1n) is 11.9. The quantitative estimate of drug-likeness (QED) is 0.465. The van der Waals surface area contributed by atoms with Crippen LogP contribution < -0.4 is 10.5 Å². The second-order valence-electron chi connectivity index (χ2n) is 10.4. The number of aryl methyl sites for hydroxylation is 1. The number of hydrogen-bond donors (Lipinski definition) is 1. The van der Waals surface area contributed by atoms with Crippen LogP contribution in [0.2, 0.25) is 10.0 Å². The molecule has 0 saturated carbocycles. The summed E-state index contributed by atoms with van der Waals surface area (Å²) in [5.41, 5.74) is 8.84. The molecule has 1 amide bonds. The molecule has 0 radical (unpaired) electrons. The summed E-state index contributed by atoms with van der Waals surface area (Å²) in [6.45, 7) is 7.91. The Morgan fingerprint density at radius 1 is 1.17 bits per heavy atom. The molecule has 2 aliphatic rings. The van der Waals surface area contributed by atoms with E-state index in [2.05, 4.69) is 11.1 Å². The van der Waals surface area contributed by atoms with Gasteiger partial charge in [-0.3, -0.25) is 4.68 Å². The van der Waals surface area contributed by atoms with Gasteiger partial charge in [0.15, 0.2) is 11.6 Å². The van der Waals surface area contributed by atoms with Gasteiger partial charge >= 0.3 is 6.09 Å². The SMILES string of the molecule is CC(C)(C)OC(=O)N1CCC2(CCn3nc(-c4cnc(N)c(OCc5c(Cl)cccc5Cl)c4)cc32)C1. The third-order valence-electron chi connectivity index (χ3n) is 6.74. The van der Waals surface area contributed by atoms with Crippen LogP contribution in [0.25, 0.3) is 11.3 Å². The fourth-order valence-electron chi connectivity index (χ4n) is 4.90. The fourth-order valence-corrected chi connectivity index (χ4v) is 5.41. The number of nitrogens with two attached hydrogens (primary N) is 1. The van der Waals surface area contributed by atoms with Gasteiger partial charge in [0, 0.05) is 58.1 Å². The summed E-state index contributed by atoms with van der Waals surface area (Å²) in [5, 5.41) is 5.88. The van der Waals surface area contributed by atoms with Crippen molar-refractivity contribution in [1.82, 2.24) is 19.7 Å². The number of pyridine rings is 1. The lowest BCUT2D eigenvalue weighted by Gasteiger charge is -2.26. The number of anilines is 1. The van der Waals surface area contributed by atoms with Crippen LogP contribution in [0.3, 0.4) is 0 Å². The van der Waals surface area contributed by atoms with Crippen molar-refractivity contribution in [3.8, 4) is 17.0 Å². The molecule has 0 aliphatic carbocycles. The Kier molecular flexibility index (Phi) is 6.29. The Labute approximate surface area is 220 Å². The lowest BCUT2D eigenvalue weighted by molar-refractivity contribution is 0.0284. The van der Waals surface area contributed by atoms with E-state index in [4.69, 9.17) is 43.5 Å². The average Bonchev–Trinajstić information content (AvgIpc) is 3.50. The Morgan fingerprint density at radius 3 is 2.61 bits per heavy atom. The molecule has 10 heteroatoms. The maximum Gasteiger partial charge on any atom is 0.410 e. The zero-order valence-electron chi connectivity index (χ0n) is 20.6. The van der Waals surface area contributed by atoms with Gasteiger partial charge in [0.25, 0.3) is 0 Å². The molecule has 1 aromatic carbocycles. The molecule has 0 bridgehead atoms. The van der Waals surface area contributed by atoms with Crippen molar-refractivity contribution in [2.75, 3.05) is 18.8 Å². The van der Waals surface area contributed by atoms with Crippen molar-refractivity contribution in [2.24, 2.45) is 0 Å². The molecule has 1 saturated heterocycles. The molecular weight excluding hydrogens is 501 g/mol. The number of nitrogens with zero attached hydrogens (tertiary/aromatic N) is 4. The number of aromatic nitrogens is 3. The number of hydrogen-bond acceptors (Lipinski definition) is 6. The van der Waals surface area contributed by atoms with Gasteiger partial charge in [0.1, 0.15) is 12.2 Å². The first-order chi connectivity index (χ1) is 17.0. The first kappa shape index (κ1) is 24.7. The Bertz CT molecular complexity index is 1300. The Morgan fingerprint density at radius 2 is 1.89 bits per heavy atom. The summed E-state index contributed by atoms with van der Waals surface area (Å²) < 4.78 is 13.6. The third kappa shape index (κ3) is 4.72. The summed E-state index contributed by atoms with van der Waals surface area (Å²) in [7, 11) is 0. The van der Waals surface area contributed by atoms with Gasteiger partial charge in [-0.2, -0.15) is 5.10 Å². The van der Waals surface area contributed by atoms with E-state index in [1.165, 1.54) is 0 Å². The minimum absolute atomic E-state index is 0.121. The fraction of sp³-hybridized carbons (Fsp3) is 0.423. The van der Waals surface area contributed by atoms with Crippen molar-refractivity contribution in [2.45, 2.75) is 57.8 Å². The highest BCUT2D eigenvalue weighted by molar-refractivity contribution is 6.35. The van der Waals surface area contributed by atoms with Gasteiger partial charge in [-0.1, -0.05) is 29.3 Å². The number of halogens is 2. The lowest BCUT2D eigenvalue weighted by atomic mass is 9.82. The van der Waals surface area contributed by atoms with Crippen molar-refractivity contribution < 1.29 is 14.3 Å². The number of fused-ring (bicyclic) bond motifs is 2. The van der Waals surface area contributed by atoms with Gasteiger partial charge in [-0.05, 0) is 57.9 Å². The van der Waals surface area contributed by atoms with E-state index in [0.29, 0.717) is 34.4 Å². The molecular formula is C26H29Cl2N5O3. The van der Waals surface area contributed by atoms with Crippen LogP contribution in [0.15, 0.2) is 36.5 Å². The summed E-state index contributed by atoms with van der Waals surface area (Å²) >= 11 is 12.5. The standard InChI is InChI=1S/C26H29Cl2N5O3/c1-25(2,3)36-24(34)32-9-7-26(15-32)8-10-33-22(26)12-20(31-33)16-11-21(23(29)30-13-16)35-14-17-18(27)5-4-6-19(17)28/h4-6,11-13H,7-10,14-15H2,1-3H3,(H2,29,30). The van der Waals surface area contributed by atoms with Gasteiger partial charge < -0.3 is 20.1 Å². The molecule has 2 N–H and O–H groups in total. The number of nitrogen functional groups attached to an aromatic ring is 1. The first-order valence-corrected chi connectivity index (χ1v) is 12.7. The Balaban J connectivity index is 1.35. The normalized spacial score (nSPS) is 19.1. The predicted octanol–water partition coefficient (Wildman–Crippen LogP) is 5.70. The number of carbonyl (C=O) groups is 1. The second-order valence-corrected chi connectivity index (χ2v) is 11.2. The van der Waals surface area contributed by atoms with E-state index in [-0.39, 0.29) is 23.9 Å². The van der Waals surface area contributed by atoms with Gasteiger partial charge in [-0.25, -0.2) is 9.78 Å². The number of ether oxygens (including phenoxy) is 2. The molecule has 1 fully saturated rings. The second kappa shape index (κ2) is 9.16. The highest BCUT2D eigenvalue weighted by atomic mass is 35.5. The third-order valence-corrected chi connectivity index (χ3v) is 7.45. The molecule has 1 spiro atoms. The van der Waals surface area contributed by atoms with E-state index in [9.17, 15) is 4.79 Å². The summed E-state index contributed by atoms with van der Waals surface area (Å²) in [5.74, 6) is 0.706. The van der Waals surface area contributed by atoms with Crippen LogP contribution in [-0.4, -0.2) is 44.4 Å². The number of carbonyl (C=O) groups excluding carboxylic acids is 1. The highest BCUT2D eigenvalue weighted by Gasteiger charge is 2.47. The van der Waals surface area contributed by atoms with Crippen LogP contribution in [0.4, 0.5) is 10.6 Å². The summed E-state index contributed by atoms with van der Waals surface area (Å²) in [6.07, 6.45) is 3.25. The van der Waals surface area contributed by atoms with Crippen LogP contribution in [-0.2, 0) is 23.3 Å². The van der Waals surface area contributed by atoms with Gasteiger partial charge in [-0.15, -0.1) is 0 Å². The van der Waals surface area contributed by atoms with Crippen LogP contribution in [0.5, 0.6) is 5.75 Å². The number of likely N-dealkylation sites (tertiary alicyclic amines) is 1. The zero-order chi connectivity index (χ0) is 25.7. The molecule has 1 atom stereocenters. The minimum atomic E-state index is -0.517. The average molecular weight is 530 g/mol. The monoisotopic (exact) mass is 529 g/mol. The van der Waals surface area contributed by atoms with Crippen molar-refractivity contribution in [1.29, 1.82) is 0 Å². The van der Waals surface area contributed by atoms with Crippen molar-refractivity contribution in [3.05, 3.63) is 57.8 Å². The van der Waals surface area contributed by atoms with E-state index < -0.39 is 5.60 Å². The van der Waals surface area contributed by atoms with Gasteiger partial charge in [0.05, 0.1) is 5.69 Å². The maximum atomic E-state index is 12.6. The predicted molar refractivity (Wildman–Crippen MR) is 139 cm³/mol. The van der Waals surface area contributed by atoms with Gasteiger partial charge in [0.2, 0.25) is 0 Å². The van der Waals surface area contributed by atoms with E-state index >= 15 is 0 Å². The molecule has 4 heterocycles. The lowest BCUT2D eigenvalue weighted by Crippen LogP contribution is -2.37. The molecule has 5 rings (SSSR count). The summed E-state index contributed by atoms with van der Waals surface area (Å²) in [6, 6.07) is 9.23. The minimum Gasteiger partial charge on any atom is -0.485 e. The maximum absolute atomic E-state index is 12.6. The molecule has 36 heavy (non-hydrogen) atoms. The number of rotatable bonds is 4. The van der Waals surface area contributed by atoms with Crippen LogP contribution in [0, 0.1) is 0 Å². The molecule has 2 aliphatic heterocycles. The number of benzene rings is 1. The molecule has 1 unspecified atom stereocenters. The Hall–Kier alpha value is -2.97. The van der Waals surface area contributed by atoms with E-state index in [0.717, 1.165) is 36.3 Å². The molecule has 2 aromatic heterocycles. The molecule has 3 aromatic rings. The van der Waals surface area contributed by atoms with Crippen LogP contribution >= 0.6 is 23.2 Å². The zero-order valence-corrected chi connectivity index (χ0v) is 22.1. The van der Waals surface area contributed by atoms with E-state index in [1.54, 1.807) is 24.4 Å².